The maximum absolute atomic E-state index is 13.1. The van der Waals surface area contributed by atoms with Crippen LogP contribution in [0.15, 0.2) is 39.4 Å². The van der Waals surface area contributed by atoms with Crippen molar-refractivity contribution >= 4 is 46.6 Å². The number of H-pyrrole nitrogens is 1. The number of Topliss-reactive ketones (excluding diaryl/α,β-unsaturated/α-hetero) is 1. The second kappa shape index (κ2) is 8.17. The van der Waals surface area contributed by atoms with Gasteiger partial charge >= 0.3 is 0 Å². The van der Waals surface area contributed by atoms with Gasteiger partial charge in [0.25, 0.3) is 5.56 Å². The van der Waals surface area contributed by atoms with Crippen molar-refractivity contribution < 1.29 is 4.79 Å². The van der Waals surface area contributed by atoms with Gasteiger partial charge in [-0.2, -0.15) is 0 Å². The quantitative estimate of drug-likeness (QED) is 0.473. The molecule has 2 aromatic rings. The molecular weight excluding hydrogens is 429 g/mol. The molecule has 1 aliphatic heterocycles. The number of allylic oxidation sites excluding steroid dienone is 2. The lowest BCUT2D eigenvalue weighted by Gasteiger charge is -2.33. The summed E-state index contributed by atoms with van der Waals surface area (Å²) in [6.45, 7) is 4.19. The molecule has 0 fully saturated rings. The van der Waals surface area contributed by atoms with Gasteiger partial charge in [0.05, 0.1) is 15.6 Å². The summed E-state index contributed by atoms with van der Waals surface area (Å²) in [4.78, 5) is 33.6. The van der Waals surface area contributed by atoms with Crippen LogP contribution in [0.2, 0.25) is 10.0 Å². The van der Waals surface area contributed by atoms with Crippen LogP contribution in [0.1, 0.15) is 56.6 Å². The average molecular weight is 450 g/mol. The van der Waals surface area contributed by atoms with Crippen LogP contribution >= 0.6 is 35.0 Å². The fourth-order valence-electron chi connectivity index (χ4n) is 3.80. The van der Waals surface area contributed by atoms with E-state index in [2.05, 4.69) is 29.1 Å². The second-order valence-electron chi connectivity index (χ2n) is 7.37. The second-order valence-corrected chi connectivity index (χ2v) is 9.61. The molecule has 2 N–H and O–H groups in total. The molecule has 1 aromatic heterocycles. The van der Waals surface area contributed by atoms with Gasteiger partial charge in [-0.3, -0.25) is 9.59 Å². The monoisotopic (exact) mass is 449 g/mol. The largest absolute Gasteiger partial charge is 0.343 e. The van der Waals surface area contributed by atoms with E-state index in [0.717, 1.165) is 30.5 Å². The summed E-state index contributed by atoms with van der Waals surface area (Å²) < 4.78 is 0. The van der Waals surface area contributed by atoms with E-state index in [4.69, 9.17) is 23.2 Å². The number of nitrogens with one attached hydrogen (secondary N) is 2. The summed E-state index contributed by atoms with van der Waals surface area (Å²) in [5.41, 5.74) is 2.46. The van der Waals surface area contributed by atoms with Crippen molar-refractivity contribution in [1.29, 1.82) is 0 Å². The zero-order valence-electron chi connectivity index (χ0n) is 16.1. The van der Waals surface area contributed by atoms with Crippen molar-refractivity contribution in [3.8, 4) is 0 Å². The van der Waals surface area contributed by atoms with Crippen LogP contribution < -0.4 is 10.9 Å². The third-order valence-corrected chi connectivity index (χ3v) is 7.29. The molecule has 1 aliphatic carbocycles. The molecule has 0 spiro atoms. The van der Waals surface area contributed by atoms with E-state index in [9.17, 15) is 9.59 Å². The summed E-state index contributed by atoms with van der Waals surface area (Å²) in [5, 5.41) is 5.01. The molecule has 0 saturated heterocycles. The van der Waals surface area contributed by atoms with Crippen LogP contribution in [-0.4, -0.2) is 21.0 Å². The minimum atomic E-state index is -0.511. The van der Waals surface area contributed by atoms with Gasteiger partial charge in [-0.15, -0.1) is 0 Å². The Hall–Kier alpha value is -1.76. The number of carbonyl (C=O) groups is 1. The molecule has 29 heavy (non-hydrogen) atoms. The maximum Gasteiger partial charge on any atom is 0.257 e. The highest BCUT2D eigenvalue weighted by Crippen LogP contribution is 2.44. The first kappa shape index (κ1) is 20.5. The lowest BCUT2D eigenvalue weighted by atomic mass is 9.76. The molecule has 0 saturated carbocycles. The first-order chi connectivity index (χ1) is 13.9. The molecule has 152 valence electrons. The van der Waals surface area contributed by atoms with E-state index in [1.807, 2.05) is 6.07 Å². The smallest absolute Gasteiger partial charge is 0.257 e. The first-order valence-corrected chi connectivity index (χ1v) is 11.3. The van der Waals surface area contributed by atoms with Crippen molar-refractivity contribution in [3.63, 3.8) is 0 Å². The van der Waals surface area contributed by atoms with Crippen molar-refractivity contribution in [2.45, 2.75) is 55.9 Å². The van der Waals surface area contributed by atoms with Crippen molar-refractivity contribution in [3.05, 3.63) is 61.0 Å². The number of ketones is 1. The fraction of sp³-hybridized carbons (Fsp3) is 0.381. The van der Waals surface area contributed by atoms with E-state index >= 15 is 0 Å². The summed E-state index contributed by atoms with van der Waals surface area (Å²) in [7, 11) is 0. The first-order valence-electron chi connectivity index (χ1n) is 9.68. The zero-order valence-corrected chi connectivity index (χ0v) is 18.5. The topological polar surface area (TPSA) is 74.8 Å². The Labute approximate surface area is 183 Å². The minimum Gasteiger partial charge on any atom is -0.343 e. The molecule has 0 radical (unpaired) electrons. The van der Waals surface area contributed by atoms with E-state index in [1.54, 1.807) is 12.1 Å². The van der Waals surface area contributed by atoms with Crippen LogP contribution in [0.25, 0.3) is 0 Å². The Balaban J connectivity index is 1.90. The van der Waals surface area contributed by atoms with Crippen LogP contribution in [0.5, 0.6) is 0 Å². The number of fused-ring (bicyclic) bond motifs is 1. The number of halogens is 2. The molecule has 2 atom stereocenters. The number of hydrogen-bond donors (Lipinski definition) is 2. The van der Waals surface area contributed by atoms with Gasteiger partial charge < -0.3 is 10.3 Å². The number of aromatic nitrogens is 2. The highest BCUT2D eigenvalue weighted by atomic mass is 35.5. The Morgan fingerprint density at radius 3 is 2.76 bits per heavy atom. The highest BCUT2D eigenvalue weighted by molar-refractivity contribution is 7.99. The third-order valence-electron chi connectivity index (χ3n) is 5.40. The lowest BCUT2D eigenvalue weighted by molar-refractivity contribution is -0.116. The Morgan fingerprint density at radius 1 is 1.24 bits per heavy atom. The van der Waals surface area contributed by atoms with Crippen LogP contribution in [-0.2, 0) is 4.79 Å². The predicted octanol–water partition coefficient (Wildman–Crippen LogP) is 5.53. The Morgan fingerprint density at radius 2 is 2.03 bits per heavy atom. The van der Waals surface area contributed by atoms with E-state index in [1.165, 1.54) is 11.8 Å². The average Bonchev–Trinajstić information content (AvgIpc) is 2.68. The summed E-state index contributed by atoms with van der Waals surface area (Å²) >= 11 is 13.9. The molecule has 0 amide bonds. The highest BCUT2D eigenvalue weighted by Gasteiger charge is 2.38. The number of rotatable bonds is 4. The minimum absolute atomic E-state index is 0.0536. The van der Waals surface area contributed by atoms with Crippen LogP contribution in [0.4, 0.5) is 5.82 Å². The molecule has 0 bridgehead atoms. The van der Waals surface area contributed by atoms with Gasteiger partial charge in [-0.1, -0.05) is 54.9 Å². The number of anilines is 1. The number of hydrogen-bond acceptors (Lipinski definition) is 5. The fourth-order valence-corrected chi connectivity index (χ4v) is 4.95. The van der Waals surface area contributed by atoms with Gasteiger partial charge in [0.15, 0.2) is 10.9 Å². The van der Waals surface area contributed by atoms with Gasteiger partial charge in [0, 0.05) is 28.9 Å². The van der Waals surface area contributed by atoms with E-state index in [0.29, 0.717) is 43.8 Å². The molecule has 8 heteroatoms. The number of aromatic amines is 1. The van der Waals surface area contributed by atoms with E-state index < -0.39 is 5.92 Å². The number of benzene rings is 1. The maximum atomic E-state index is 13.1. The molecular formula is C21H21Cl2N3O2S. The van der Waals surface area contributed by atoms with Crippen molar-refractivity contribution in [2.75, 3.05) is 5.32 Å². The number of nitrogens with zero attached hydrogens (tertiary/aromatic N) is 1. The van der Waals surface area contributed by atoms with Crippen LogP contribution in [0, 0.1) is 0 Å². The van der Waals surface area contributed by atoms with Gasteiger partial charge in [-0.05, 0) is 37.0 Å². The van der Waals surface area contributed by atoms with E-state index in [-0.39, 0.29) is 11.3 Å². The SMILES string of the molecule is CC[C@@H](C)Sc1nc2c(c(=O)[nH]1)[C@@H](c1ccc(Cl)c(Cl)c1)C1=C(CCCC1=O)N2. The van der Waals surface area contributed by atoms with Crippen molar-refractivity contribution in [2.24, 2.45) is 0 Å². The number of carbonyl (C=O) groups excluding carboxylic acids is 1. The molecule has 0 unspecified atom stereocenters. The molecule has 5 nitrogen and oxygen atoms in total. The normalized spacial score (nSPS) is 19.4. The van der Waals surface area contributed by atoms with Gasteiger partial charge in [0.2, 0.25) is 0 Å². The summed E-state index contributed by atoms with van der Waals surface area (Å²) in [5.74, 6) is 0.0599. The summed E-state index contributed by atoms with van der Waals surface area (Å²) in [6, 6.07) is 5.25. The predicted molar refractivity (Wildman–Crippen MR) is 118 cm³/mol. The summed E-state index contributed by atoms with van der Waals surface area (Å²) in [6.07, 6.45) is 2.97. The standard InChI is InChI=1S/C21H21Cl2N3O2S/c1-3-10(2)29-21-25-19-18(20(28)26-21)16(11-7-8-12(22)13(23)9-11)17-14(24-19)5-4-6-15(17)27/h7-10,16H,3-6H2,1-2H3,(H2,24,25,26,28)/t10-,16+/m1/s1. The molecule has 2 aliphatic rings. The molecule has 4 rings (SSSR count). The molecule has 1 aromatic carbocycles. The van der Waals surface area contributed by atoms with Crippen LogP contribution in [0.3, 0.4) is 0 Å². The Bertz CT molecular complexity index is 1080. The lowest BCUT2D eigenvalue weighted by Crippen LogP contribution is -2.32. The van der Waals surface area contributed by atoms with Gasteiger partial charge in [0.1, 0.15) is 5.82 Å². The zero-order chi connectivity index (χ0) is 20.7. The van der Waals surface area contributed by atoms with Crippen molar-refractivity contribution in [1.82, 2.24) is 9.97 Å². The third kappa shape index (κ3) is 3.86. The Kier molecular flexibility index (Phi) is 5.78. The molecule has 2 heterocycles. The van der Waals surface area contributed by atoms with Gasteiger partial charge in [-0.25, -0.2) is 4.98 Å². The number of thioether (sulfide) groups is 1.